The molecule has 0 unspecified atom stereocenters. The smallest absolute Gasteiger partial charge is 0.267 e. The summed E-state index contributed by atoms with van der Waals surface area (Å²) in [5.74, 6) is -0.867. The van der Waals surface area contributed by atoms with Crippen molar-refractivity contribution >= 4 is 11.6 Å². The minimum absolute atomic E-state index is 0.248. The van der Waals surface area contributed by atoms with Crippen molar-refractivity contribution in [3.05, 3.63) is 71.0 Å². The molecule has 0 aliphatic carbocycles. The molecule has 0 saturated carbocycles. The Morgan fingerprint density at radius 3 is 2.48 bits per heavy atom. The van der Waals surface area contributed by atoms with Crippen LogP contribution in [0.5, 0.6) is 0 Å². The molecular formula is C17H17FN2O. The van der Waals surface area contributed by atoms with Crippen LogP contribution in [-0.4, -0.2) is 11.6 Å². The highest BCUT2D eigenvalue weighted by molar-refractivity contribution is 6.02. The molecular weight excluding hydrogens is 267 g/mol. The monoisotopic (exact) mass is 284 g/mol. The van der Waals surface area contributed by atoms with Crippen molar-refractivity contribution in [3.8, 4) is 0 Å². The molecule has 0 bridgehead atoms. The van der Waals surface area contributed by atoms with Gasteiger partial charge in [-0.3, -0.25) is 4.79 Å². The Morgan fingerprint density at radius 2 is 1.86 bits per heavy atom. The average Bonchev–Trinajstić information content (AvgIpc) is 2.49. The number of amides is 1. The predicted octanol–water partition coefficient (Wildman–Crippen LogP) is 3.68. The maximum Gasteiger partial charge on any atom is 0.271 e. The van der Waals surface area contributed by atoms with Gasteiger partial charge in [0.05, 0.1) is 5.71 Å². The van der Waals surface area contributed by atoms with Crippen molar-refractivity contribution in [2.75, 3.05) is 0 Å². The third kappa shape index (κ3) is 3.99. The van der Waals surface area contributed by atoms with E-state index in [1.54, 1.807) is 6.07 Å². The zero-order valence-corrected chi connectivity index (χ0v) is 12.1. The van der Waals surface area contributed by atoms with E-state index in [0.29, 0.717) is 6.42 Å². The van der Waals surface area contributed by atoms with Gasteiger partial charge in [0.25, 0.3) is 5.91 Å². The van der Waals surface area contributed by atoms with E-state index in [4.69, 9.17) is 0 Å². The second-order valence-electron chi connectivity index (χ2n) is 4.73. The minimum Gasteiger partial charge on any atom is -0.267 e. The summed E-state index contributed by atoms with van der Waals surface area (Å²) in [7, 11) is 0. The van der Waals surface area contributed by atoms with Crippen LogP contribution in [0.15, 0.2) is 53.6 Å². The van der Waals surface area contributed by atoms with Crippen LogP contribution in [0.2, 0.25) is 0 Å². The second kappa shape index (κ2) is 6.79. The first-order valence-electron chi connectivity index (χ1n) is 6.79. The molecule has 0 heterocycles. The Morgan fingerprint density at radius 1 is 1.14 bits per heavy atom. The largest absolute Gasteiger partial charge is 0.271 e. The van der Waals surface area contributed by atoms with Gasteiger partial charge in [0.15, 0.2) is 0 Å². The van der Waals surface area contributed by atoms with Gasteiger partial charge in [0, 0.05) is 5.56 Å². The van der Waals surface area contributed by atoms with Crippen LogP contribution in [0.4, 0.5) is 4.39 Å². The molecule has 2 aromatic rings. The van der Waals surface area contributed by atoms with Gasteiger partial charge >= 0.3 is 0 Å². The summed E-state index contributed by atoms with van der Waals surface area (Å²) < 4.78 is 13.1. The summed E-state index contributed by atoms with van der Waals surface area (Å²) in [5, 5.41) is 4.14. The number of nitrogens with one attached hydrogen (secondary N) is 1. The molecule has 0 aliphatic heterocycles. The second-order valence-corrected chi connectivity index (χ2v) is 4.73. The quantitative estimate of drug-likeness (QED) is 0.675. The number of aryl methyl sites for hydroxylation is 1. The molecule has 21 heavy (non-hydrogen) atoms. The van der Waals surface area contributed by atoms with E-state index in [1.807, 2.05) is 38.1 Å². The number of halogens is 1. The zero-order chi connectivity index (χ0) is 15.2. The van der Waals surface area contributed by atoms with Crippen molar-refractivity contribution in [1.82, 2.24) is 5.43 Å². The van der Waals surface area contributed by atoms with Gasteiger partial charge in [-0.25, -0.2) is 9.82 Å². The molecule has 0 aliphatic rings. The number of hydrogen-bond donors (Lipinski definition) is 1. The number of benzene rings is 2. The van der Waals surface area contributed by atoms with E-state index in [0.717, 1.165) is 16.8 Å². The van der Waals surface area contributed by atoms with Crippen LogP contribution in [0.25, 0.3) is 0 Å². The lowest BCUT2D eigenvalue weighted by Gasteiger charge is -2.06. The normalized spacial score (nSPS) is 11.3. The van der Waals surface area contributed by atoms with Crippen LogP contribution < -0.4 is 5.43 Å². The fraction of sp³-hybridized carbons (Fsp3) is 0.176. The summed E-state index contributed by atoms with van der Waals surface area (Å²) >= 11 is 0. The topological polar surface area (TPSA) is 41.5 Å². The number of rotatable bonds is 4. The minimum atomic E-state index is -0.444. The Labute approximate surface area is 123 Å². The van der Waals surface area contributed by atoms with E-state index in [1.165, 1.54) is 18.2 Å². The van der Waals surface area contributed by atoms with Crippen molar-refractivity contribution in [3.63, 3.8) is 0 Å². The van der Waals surface area contributed by atoms with Gasteiger partial charge in [0.1, 0.15) is 5.82 Å². The first-order valence-corrected chi connectivity index (χ1v) is 6.79. The summed E-state index contributed by atoms with van der Waals surface area (Å²) in [5.41, 5.74) is 5.62. The van der Waals surface area contributed by atoms with Gasteiger partial charge in [0.2, 0.25) is 0 Å². The maximum atomic E-state index is 13.1. The summed E-state index contributed by atoms with van der Waals surface area (Å²) in [6, 6.07) is 13.4. The van der Waals surface area contributed by atoms with Crippen LogP contribution in [0.3, 0.4) is 0 Å². The van der Waals surface area contributed by atoms with E-state index >= 15 is 0 Å². The zero-order valence-electron chi connectivity index (χ0n) is 12.1. The van der Waals surface area contributed by atoms with Crippen molar-refractivity contribution in [2.45, 2.75) is 20.3 Å². The van der Waals surface area contributed by atoms with Crippen molar-refractivity contribution < 1.29 is 9.18 Å². The number of hydrazone groups is 1. The fourth-order valence-electron chi connectivity index (χ4n) is 1.91. The standard InChI is InChI=1S/C17H17FN2O/c1-3-16(13-9-7-12(2)8-10-13)19-20-17(21)14-5-4-6-15(18)11-14/h4-11H,3H2,1-2H3,(H,20,21). The van der Waals surface area contributed by atoms with Crippen LogP contribution in [0, 0.1) is 12.7 Å². The lowest BCUT2D eigenvalue weighted by Crippen LogP contribution is -2.20. The number of hydrogen-bond acceptors (Lipinski definition) is 2. The van der Waals surface area contributed by atoms with Gasteiger partial charge < -0.3 is 0 Å². The molecule has 2 aromatic carbocycles. The highest BCUT2D eigenvalue weighted by Crippen LogP contribution is 2.07. The third-order valence-corrected chi connectivity index (χ3v) is 3.10. The molecule has 0 radical (unpaired) electrons. The van der Waals surface area contributed by atoms with E-state index in [9.17, 15) is 9.18 Å². The molecule has 3 nitrogen and oxygen atoms in total. The molecule has 0 saturated heterocycles. The van der Waals surface area contributed by atoms with Crippen molar-refractivity contribution in [2.24, 2.45) is 5.10 Å². The predicted molar refractivity (Wildman–Crippen MR) is 81.9 cm³/mol. The Hall–Kier alpha value is -2.49. The Bertz CT molecular complexity index is 663. The van der Waals surface area contributed by atoms with E-state index in [2.05, 4.69) is 10.5 Å². The SMILES string of the molecule is CCC(=NNC(=O)c1cccc(F)c1)c1ccc(C)cc1. The highest BCUT2D eigenvalue weighted by atomic mass is 19.1. The van der Waals surface area contributed by atoms with Gasteiger partial charge in [-0.05, 0) is 37.1 Å². The molecule has 4 heteroatoms. The van der Waals surface area contributed by atoms with E-state index < -0.39 is 11.7 Å². The molecule has 1 N–H and O–H groups in total. The molecule has 0 aromatic heterocycles. The Balaban J connectivity index is 2.14. The highest BCUT2D eigenvalue weighted by Gasteiger charge is 2.07. The molecule has 0 spiro atoms. The Kier molecular flexibility index (Phi) is 4.82. The fourth-order valence-corrected chi connectivity index (χ4v) is 1.91. The molecule has 2 rings (SSSR count). The summed E-state index contributed by atoms with van der Waals surface area (Å²) in [6.07, 6.45) is 0.687. The third-order valence-electron chi connectivity index (χ3n) is 3.10. The number of carbonyl (C=O) groups is 1. The van der Waals surface area contributed by atoms with Gasteiger partial charge in [-0.2, -0.15) is 5.10 Å². The molecule has 0 fully saturated rings. The van der Waals surface area contributed by atoms with Gasteiger partial charge in [-0.1, -0.05) is 42.8 Å². The molecule has 0 atom stereocenters. The summed E-state index contributed by atoms with van der Waals surface area (Å²) in [6.45, 7) is 3.98. The average molecular weight is 284 g/mol. The van der Waals surface area contributed by atoms with E-state index in [-0.39, 0.29) is 5.56 Å². The van der Waals surface area contributed by atoms with Crippen molar-refractivity contribution in [1.29, 1.82) is 0 Å². The summed E-state index contributed by atoms with van der Waals surface area (Å²) in [4.78, 5) is 11.9. The van der Waals surface area contributed by atoms with Gasteiger partial charge in [-0.15, -0.1) is 0 Å². The first kappa shape index (κ1) is 14.9. The number of nitrogens with zero attached hydrogens (tertiary/aromatic N) is 1. The van der Waals surface area contributed by atoms with Crippen LogP contribution in [-0.2, 0) is 0 Å². The first-order chi connectivity index (χ1) is 10.1. The maximum absolute atomic E-state index is 13.1. The molecule has 1 amide bonds. The number of carbonyl (C=O) groups excluding carboxylic acids is 1. The van der Waals surface area contributed by atoms with Crippen LogP contribution >= 0.6 is 0 Å². The van der Waals surface area contributed by atoms with Crippen LogP contribution in [0.1, 0.15) is 34.8 Å². The lowest BCUT2D eigenvalue weighted by molar-refractivity contribution is 0.0954. The lowest BCUT2D eigenvalue weighted by atomic mass is 10.1. The molecule has 108 valence electrons.